The van der Waals surface area contributed by atoms with Crippen LogP contribution in [0, 0.1) is 13.8 Å². The van der Waals surface area contributed by atoms with E-state index in [9.17, 15) is 4.79 Å². The average Bonchev–Trinajstić information content (AvgIpc) is 2.79. The highest BCUT2D eigenvalue weighted by molar-refractivity contribution is 6.31. The van der Waals surface area contributed by atoms with Crippen molar-refractivity contribution in [2.24, 2.45) is 0 Å². The summed E-state index contributed by atoms with van der Waals surface area (Å²) < 4.78 is 13.3. The Hall–Kier alpha value is -2.86. The average molecular weight is 483 g/mol. The predicted molar refractivity (Wildman–Crippen MR) is 134 cm³/mol. The van der Waals surface area contributed by atoms with Gasteiger partial charge in [0.15, 0.2) is 0 Å². The van der Waals surface area contributed by atoms with E-state index in [1.165, 1.54) is 0 Å². The summed E-state index contributed by atoms with van der Waals surface area (Å²) in [6.45, 7) is 5.45. The minimum Gasteiger partial charge on any atom is -0.491 e. The van der Waals surface area contributed by atoms with Crippen molar-refractivity contribution in [3.8, 4) is 17.1 Å². The Morgan fingerprint density at radius 3 is 2.30 bits per heavy atom. The minimum atomic E-state index is -0.0992. The molecule has 0 fully saturated rings. The van der Waals surface area contributed by atoms with Crippen LogP contribution >= 0.6 is 23.2 Å². The molecule has 4 rings (SSSR count). The third-order valence-electron chi connectivity index (χ3n) is 5.32. The van der Waals surface area contributed by atoms with Crippen LogP contribution in [0.3, 0.4) is 0 Å². The fourth-order valence-corrected chi connectivity index (χ4v) is 4.23. The van der Waals surface area contributed by atoms with Gasteiger partial charge < -0.3 is 9.47 Å². The summed E-state index contributed by atoms with van der Waals surface area (Å²) in [4.78, 5) is 17.9. The smallest absolute Gasteiger partial charge is 0.261 e. The highest BCUT2D eigenvalue weighted by atomic mass is 35.5. The van der Waals surface area contributed by atoms with Gasteiger partial charge in [-0.05, 0) is 73.5 Å². The Morgan fingerprint density at radius 2 is 1.58 bits per heavy atom. The fraction of sp³-hybridized carbons (Fsp3) is 0.231. The molecule has 0 N–H and O–H groups in total. The number of aromatic nitrogens is 2. The van der Waals surface area contributed by atoms with Crippen LogP contribution in [0.25, 0.3) is 22.3 Å². The Kier molecular flexibility index (Phi) is 7.33. The summed E-state index contributed by atoms with van der Waals surface area (Å²) in [6, 6.07) is 18.4. The first kappa shape index (κ1) is 23.3. The van der Waals surface area contributed by atoms with Gasteiger partial charge in [-0.1, -0.05) is 35.3 Å². The summed E-state index contributed by atoms with van der Waals surface area (Å²) in [7, 11) is 0. The van der Waals surface area contributed by atoms with Gasteiger partial charge in [-0.25, -0.2) is 4.98 Å². The van der Waals surface area contributed by atoms with Crippen LogP contribution in [0.4, 0.5) is 0 Å². The second kappa shape index (κ2) is 10.4. The lowest BCUT2D eigenvalue weighted by Crippen LogP contribution is -2.26. The maximum atomic E-state index is 13.2. The van der Waals surface area contributed by atoms with E-state index in [-0.39, 0.29) is 5.56 Å². The molecular formula is C26H24Cl2N2O3. The summed E-state index contributed by atoms with van der Waals surface area (Å²) in [6.07, 6.45) is 0. The number of hydrogen-bond acceptors (Lipinski definition) is 4. The number of hydrogen-bond donors (Lipinski definition) is 0. The molecule has 0 aliphatic carbocycles. The van der Waals surface area contributed by atoms with Crippen molar-refractivity contribution in [2.75, 3.05) is 19.8 Å². The molecule has 0 radical (unpaired) electrons. The number of nitrogens with zero attached hydrogens (tertiary/aromatic N) is 2. The predicted octanol–water partition coefficient (Wildman–Crippen LogP) is 6.08. The summed E-state index contributed by atoms with van der Waals surface area (Å²) in [5.41, 5.74) is 3.35. The van der Waals surface area contributed by atoms with E-state index >= 15 is 0 Å². The van der Waals surface area contributed by atoms with Crippen molar-refractivity contribution < 1.29 is 9.47 Å². The molecule has 1 aromatic heterocycles. The zero-order valence-electron chi connectivity index (χ0n) is 18.5. The van der Waals surface area contributed by atoms with Crippen molar-refractivity contribution in [1.82, 2.24) is 9.55 Å². The van der Waals surface area contributed by atoms with Gasteiger partial charge in [-0.2, -0.15) is 0 Å². The molecule has 0 saturated carbocycles. The van der Waals surface area contributed by atoms with Gasteiger partial charge in [0, 0.05) is 15.6 Å². The number of benzene rings is 3. The first-order valence-electron chi connectivity index (χ1n) is 10.7. The van der Waals surface area contributed by atoms with E-state index < -0.39 is 0 Å². The maximum absolute atomic E-state index is 13.2. The number of fused-ring (bicyclic) bond motifs is 1. The molecule has 4 aromatic rings. The molecule has 0 saturated heterocycles. The third-order valence-corrected chi connectivity index (χ3v) is 5.79. The van der Waals surface area contributed by atoms with Crippen LogP contribution in [-0.4, -0.2) is 29.4 Å². The van der Waals surface area contributed by atoms with Crippen molar-refractivity contribution in [3.05, 3.63) is 92.2 Å². The van der Waals surface area contributed by atoms with Gasteiger partial charge in [-0.15, -0.1) is 0 Å². The molecule has 1 heterocycles. The third kappa shape index (κ3) is 5.38. The zero-order chi connectivity index (χ0) is 23.4. The van der Waals surface area contributed by atoms with Crippen molar-refractivity contribution in [1.29, 1.82) is 0 Å². The highest BCUT2D eigenvalue weighted by Crippen LogP contribution is 2.27. The highest BCUT2D eigenvalue weighted by Gasteiger charge is 2.13. The largest absolute Gasteiger partial charge is 0.491 e. The van der Waals surface area contributed by atoms with E-state index in [0.717, 1.165) is 22.4 Å². The summed E-state index contributed by atoms with van der Waals surface area (Å²) >= 11 is 12.1. The minimum absolute atomic E-state index is 0.0992. The maximum Gasteiger partial charge on any atom is 0.261 e. The molecule has 170 valence electrons. The molecule has 5 nitrogen and oxygen atoms in total. The van der Waals surface area contributed by atoms with Crippen LogP contribution in [0.1, 0.15) is 11.1 Å². The monoisotopic (exact) mass is 482 g/mol. The van der Waals surface area contributed by atoms with E-state index in [2.05, 4.69) is 0 Å². The van der Waals surface area contributed by atoms with Gasteiger partial charge >= 0.3 is 0 Å². The van der Waals surface area contributed by atoms with Gasteiger partial charge in [0.1, 0.15) is 18.2 Å². The standard InChI is InChI=1S/C26H24Cl2N2O3/c1-17-15-21(28)16-18(2)24(17)33-14-13-32-12-11-30-25(19-7-9-20(27)10-8-19)29-23-6-4-3-5-22(23)26(30)31/h3-10,15-16H,11-14H2,1-2H3. The van der Waals surface area contributed by atoms with E-state index in [4.69, 9.17) is 37.7 Å². The molecule has 0 atom stereocenters. The first-order valence-corrected chi connectivity index (χ1v) is 11.4. The molecule has 3 aromatic carbocycles. The van der Waals surface area contributed by atoms with Crippen LogP contribution in [0.15, 0.2) is 65.5 Å². The molecule has 33 heavy (non-hydrogen) atoms. The summed E-state index contributed by atoms with van der Waals surface area (Å²) in [5, 5.41) is 1.90. The quantitative estimate of drug-likeness (QED) is 0.285. The van der Waals surface area contributed by atoms with E-state index in [1.807, 2.05) is 56.3 Å². The van der Waals surface area contributed by atoms with Crippen molar-refractivity contribution in [2.45, 2.75) is 20.4 Å². The molecule has 0 amide bonds. The van der Waals surface area contributed by atoms with Gasteiger partial charge in [-0.3, -0.25) is 9.36 Å². The molecule has 7 heteroatoms. The van der Waals surface area contributed by atoms with E-state index in [0.29, 0.717) is 53.1 Å². The Morgan fingerprint density at radius 1 is 0.879 bits per heavy atom. The first-order chi connectivity index (χ1) is 15.9. The lowest BCUT2D eigenvalue weighted by Gasteiger charge is -2.15. The second-order valence-electron chi connectivity index (χ2n) is 7.75. The fourth-order valence-electron chi connectivity index (χ4n) is 3.78. The Labute approximate surface area is 202 Å². The van der Waals surface area contributed by atoms with Gasteiger partial charge in [0.25, 0.3) is 5.56 Å². The Balaban J connectivity index is 1.46. The van der Waals surface area contributed by atoms with Crippen LogP contribution in [-0.2, 0) is 11.3 Å². The molecule has 0 bridgehead atoms. The van der Waals surface area contributed by atoms with Crippen LogP contribution in [0.2, 0.25) is 10.0 Å². The van der Waals surface area contributed by atoms with E-state index in [1.54, 1.807) is 22.8 Å². The molecule has 0 spiro atoms. The lowest BCUT2D eigenvalue weighted by molar-refractivity contribution is 0.0936. The normalized spacial score (nSPS) is 11.2. The molecule has 0 unspecified atom stereocenters. The number of ether oxygens (including phenoxy) is 2. The summed E-state index contributed by atoms with van der Waals surface area (Å²) in [5.74, 6) is 1.41. The topological polar surface area (TPSA) is 53.4 Å². The van der Waals surface area contributed by atoms with Crippen LogP contribution in [0.5, 0.6) is 5.75 Å². The molecule has 0 aliphatic heterocycles. The zero-order valence-corrected chi connectivity index (χ0v) is 20.0. The second-order valence-corrected chi connectivity index (χ2v) is 8.62. The van der Waals surface area contributed by atoms with Gasteiger partial charge in [0.2, 0.25) is 0 Å². The SMILES string of the molecule is Cc1cc(Cl)cc(C)c1OCCOCCn1c(-c2ccc(Cl)cc2)nc2ccccc2c1=O. The number of para-hydroxylation sites is 1. The molecule has 0 aliphatic rings. The van der Waals surface area contributed by atoms with Crippen LogP contribution < -0.4 is 10.3 Å². The number of rotatable bonds is 8. The number of halogens is 2. The van der Waals surface area contributed by atoms with Gasteiger partial charge in [0.05, 0.1) is 30.7 Å². The van der Waals surface area contributed by atoms with Crippen molar-refractivity contribution in [3.63, 3.8) is 0 Å². The Bertz CT molecular complexity index is 1310. The number of aryl methyl sites for hydroxylation is 2. The molecular weight excluding hydrogens is 459 g/mol. The van der Waals surface area contributed by atoms with Crippen molar-refractivity contribution >= 4 is 34.1 Å². The lowest BCUT2D eigenvalue weighted by atomic mass is 10.1.